The molecule has 0 radical (unpaired) electrons. The first-order chi connectivity index (χ1) is 15.7. The van der Waals surface area contributed by atoms with E-state index in [9.17, 15) is 4.79 Å². The highest BCUT2D eigenvalue weighted by Gasteiger charge is 2.14. The fraction of sp³-hybridized carbons (Fsp3) is 0.240. The molecule has 0 unspecified atom stereocenters. The molecule has 0 aliphatic carbocycles. The number of para-hydroxylation sites is 1. The summed E-state index contributed by atoms with van der Waals surface area (Å²) in [6.07, 6.45) is 2.01. The van der Waals surface area contributed by atoms with Crippen molar-refractivity contribution in [1.82, 2.24) is 9.97 Å². The Hall–Kier alpha value is -3.29. The Kier molecular flexibility index (Phi) is 5.83. The molecule has 1 amide bonds. The highest BCUT2D eigenvalue weighted by molar-refractivity contribution is 7.15. The van der Waals surface area contributed by atoms with Crippen molar-refractivity contribution in [2.75, 3.05) is 36.5 Å². The monoisotopic (exact) mass is 444 g/mol. The molecule has 7 heteroatoms. The van der Waals surface area contributed by atoms with Gasteiger partial charge in [0, 0.05) is 40.8 Å². The van der Waals surface area contributed by atoms with Gasteiger partial charge in [-0.1, -0.05) is 36.4 Å². The summed E-state index contributed by atoms with van der Waals surface area (Å²) in [6.45, 7) is 5.27. The van der Waals surface area contributed by atoms with Gasteiger partial charge < -0.3 is 15.0 Å². The van der Waals surface area contributed by atoms with Gasteiger partial charge in [0.1, 0.15) is 0 Å². The van der Waals surface area contributed by atoms with E-state index >= 15 is 0 Å². The fourth-order valence-electron chi connectivity index (χ4n) is 3.94. The summed E-state index contributed by atoms with van der Waals surface area (Å²) in [6, 6.07) is 18.6. The Labute approximate surface area is 190 Å². The topological polar surface area (TPSA) is 67.4 Å². The van der Waals surface area contributed by atoms with Crippen LogP contribution in [0.2, 0.25) is 0 Å². The number of thiazole rings is 1. The maximum absolute atomic E-state index is 12.6. The molecule has 4 aromatic rings. The molecule has 0 spiro atoms. The van der Waals surface area contributed by atoms with Gasteiger partial charge in [-0.25, -0.2) is 9.97 Å². The second-order valence-electron chi connectivity index (χ2n) is 7.84. The Morgan fingerprint density at radius 2 is 1.97 bits per heavy atom. The number of hydrogen-bond donors (Lipinski definition) is 1. The van der Waals surface area contributed by atoms with Crippen LogP contribution in [0.1, 0.15) is 10.4 Å². The van der Waals surface area contributed by atoms with Gasteiger partial charge in [0.05, 0.1) is 30.8 Å². The Balaban J connectivity index is 1.43. The van der Waals surface area contributed by atoms with E-state index in [0.29, 0.717) is 5.13 Å². The maximum atomic E-state index is 12.6. The van der Waals surface area contributed by atoms with Crippen LogP contribution in [-0.4, -0.2) is 42.2 Å². The van der Waals surface area contributed by atoms with Gasteiger partial charge in [0.15, 0.2) is 5.13 Å². The summed E-state index contributed by atoms with van der Waals surface area (Å²) in [5.74, 6) is -0.0895. The number of rotatable bonds is 5. The van der Waals surface area contributed by atoms with Crippen molar-refractivity contribution in [3.8, 4) is 11.3 Å². The zero-order chi connectivity index (χ0) is 21.9. The van der Waals surface area contributed by atoms with Gasteiger partial charge in [-0.3, -0.25) is 4.79 Å². The van der Waals surface area contributed by atoms with Gasteiger partial charge in [-0.15, -0.1) is 11.3 Å². The molecule has 1 aliphatic rings. The minimum atomic E-state index is -0.0895. The fourth-order valence-corrected chi connectivity index (χ4v) is 4.62. The van der Waals surface area contributed by atoms with Crippen LogP contribution in [0, 0.1) is 6.92 Å². The van der Waals surface area contributed by atoms with E-state index in [-0.39, 0.29) is 12.3 Å². The molecule has 6 nitrogen and oxygen atoms in total. The standard InChI is InChI=1S/C25H24N4O2S/c1-17-16-26-25(32-17)28-23(30)15-20-6-2-4-18-8-9-22(27-24(18)20)19-5-3-7-21(14-19)29-10-12-31-13-11-29/h2-9,14,16H,10-13,15H2,1H3,(H,26,28,30). The number of carbonyl (C=O) groups is 1. The van der Waals surface area contributed by atoms with E-state index in [0.717, 1.165) is 58.9 Å². The van der Waals surface area contributed by atoms with Crippen molar-refractivity contribution in [2.24, 2.45) is 0 Å². The van der Waals surface area contributed by atoms with Crippen molar-refractivity contribution in [2.45, 2.75) is 13.3 Å². The summed E-state index contributed by atoms with van der Waals surface area (Å²) in [5.41, 5.74) is 4.90. The molecule has 3 heterocycles. The van der Waals surface area contributed by atoms with Crippen LogP contribution < -0.4 is 10.2 Å². The van der Waals surface area contributed by atoms with E-state index in [1.807, 2.05) is 31.2 Å². The normalized spacial score (nSPS) is 14.0. The van der Waals surface area contributed by atoms with Crippen molar-refractivity contribution in [3.05, 3.63) is 71.2 Å². The number of ether oxygens (including phenoxy) is 1. The summed E-state index contributed by atoms with van der Waals surface area (Å²) in [7, 11) is 0. The summed E-state index contributed by atoms with van der Waals surface area (Å²) in [4.78, 5) is 25.2. The number of amides is 1. The molecule has 32 heavy (non-hydrogen) atoms. The minimum absolute atomic E-state index is 0.0895. The van der Waals surface area contributed by atoms with Gasteiger partial charge in [-0.2, -0.15) is 0 Å². The molecule has 0 saturated carbocycles. The number of hydrogen-bond acceptors (Lipinski definition) is 6. The molecule has 5 rings (SSSR count). The van der Waals surface area contributed by atoms with Crippen LogP contribution >= 0.6 is 11.3 Å². The van der Waals surface area contributed by atoms with Crippen LogP contribution in [-0.2, 0) is 16.0 Å². The number of pyridine rings is 1. The molecule has 2 aromatic heterocycles. The third-order valence-corrected chi connectivity index (χ3v) is 6.37. The van der Waals surface area contributed by atoms with Crippen LogP contribution in [0.4, 0.5) is 10.8 Å². The molecule has 2 aromatic carbocycles. The average Bonchev–Trinajstić information content (AvgIpc) is 3.24. The molecule has 1 saturated heterocycles. The van der Waals surface area contributed by atoms with Gasteiger partial charge >= 0.3 is 0 Å². The van der Waals surface area contributed by atoms with Gasteiger partial charge in [-0.05, 0) is 30.7 Å². The lowest BCUT2D eigenvalue weighted by molar-refractivity contribution is -0.115. The highest BCUT2D eigenvalue weighted by atomic mass is 32.1. The quantitative estimate of drug-likeness (QED) is 0.484. The van der Waals surface area contributed by atoms with E-state index < -0.39 is 0 Å². The molecular weight excluding hydrogens is 420 g/mol. The number of carbonyl (C=O) groups excluding carboxylic acids is 1. The van der Waals surface area contributed by atoms with E-state index in [1.54, 1.807) is 6.20 Å². The van der Waals surface area contributed by atoms with E-state index in [4.69, 9.17) is 9.72 Å². The van der Waals surface area contributed by atoms with Crippen LogP contribution in [0.5, 0.6) is 0 Å². The van der Waals surface area contributed by atoms with Crippen LogP contribution in [0.3, 0.4) is 0 Å². The predicted octanol–water partition coefficient (Wildman–Crippen LogP) is 4.68. The lowest BCUT2D eigenvalue weighted by Crippen LogP contribution is -2.36. The van der Waals surface area contributed by atoms with Crippen molar-refractivity contribution >= 4 is 39.0 Å². The molecule has 1 fully saturated rings. The van der Waals surface area contributed by atoms with Crippen molar-refractivity contribution < 1.29 is 9.53 Å². The van der Waals surface area contributed by atoms with Crippen molar-refractivity contribution in [3.63, 3.8) is 0 Å². The SMILES string of the molecule is Cc1cnc(NC(=O)Cc2cccc3ccc(-c4cccc(N5CCOCC5)c4)nc23)s1. The molecule has 1 aliphatic heterocycles. The van der Waals surface area contributed by atoms with Crippen LogP contribution in [0.15, 0.2) is 60.8 Å². The lowest BCUT2D eigenvalue weighted by atomic mass is 10.0. The second-order valence-corrected chi connectivity index (χ2v) is 9.07. The zero-order valence-corrected chi connectivity index (χ0v) is 18.7. The summed E-state index contributed by atoms with van der Waals surface area (Å²) >= 11 is 1.47. The number of nitrogens with one attached hydrogen (secondary N) is 1. The van der Waals surface area contributed by atoms with Crippen LogP contribution in [0.25, 0.3) is 22.2 Å². The third kappa shape index (κ3) is 4.49. The molecule has 0 atom stereocenters. The van der Waals surface area contributed by atoms with Crippen molar-refractivity contribution in [1.29, 1.82) is 0 Å². The lowest BCUT2D eigenvalue weighted by Gasteiger charge is -2.29. The maximum Gasteiger partial charge on any atom is 0.230 e. The zero-order valence-electron chi connectivity index (χ0n) is 17.9. The minimum Gasteiger partial charge on any atom is -0.378 e. The Morgan fingerprint density at radius 3 is 2.78 bits per heavy atom. The number of aromatic nitrogens is 2. The molecule has 1 N–H and O–H groups in total. The molecular formula is C25H24N4O2S. The summed E-state index contributed by atoms with van der Waals surface area (Å²) < 4.78 is 5.48. The first kappa shape index (κ1) is 20.6. The Bertz CT molecular complexity index is 1260. The number of aryl methyl sites for hydroxylation is 1. The van der Waals surface area contributed by atoms with E-state index in [1.165, 1.54) is 17.0 Å². The number of anilines is 2. The highest BCUT2D eigenvalue weighted by Crippen LogP contribution is 2.27. The first-order valence-electron chi connectivity index (χ1n) is 10.7. The summed E-state index contributed by atoms with van der Waals surface area (Å²) in [5, 5.41) is 4.54. The molecule has 0 bridgehead atoms. The third-order valence-electron chi connectivity index (χ3n) is 5.54. The smallest absolute Gasteiger partial charge is 0.230 e. The first-order valence-corrected chi connectivity index (χ1v) is 11.5. The van der Waals surface area contributed by atoms with Gasteiger partial charge in [0.25, 0.3) is 0 Å². The second kappa shape index (κ2) is 9.06. The predicted molar refractivity (Wildman–Crippen MR) is 129 cm³/mol. The number of morpholine rings is 1. The number of fused-ring (bicyclic) bond motifs is 1. The Morgan fingerprint density at radius 1 is 1.12 bits per heavy atom. The number of nitrogens with zero attached hydrogens (tertiary/aromatic N) is 3. The average molecular weight is 445 g/mol. The largest absolute Gasteiger partial charge is 0.378 e. The molecule has 162 valence electrons. The van der Waals surface area contributed by atoms with Gasteiger partial charge in [0.2, 0.25) is 5.91 Å². The van der Waals surface area contributed by atoms with E-state index in [2.05, 4.69) is 45.5 Å². The number of benzene rings is 2.